The van der Waals surface area contributed by atoms with Crippen LogP contribution >= 0.6 is 0 Å². The molecule has 0 atom stereocenters. The molecule has 0 saturated carbocycles. The van der Waals surface area contributed by atoms with Gasteiger partial charge in [0.2, 0.25) is 0 Å². The summed E-state index contributed by atoms with van der Waals surface area (Å²) in [5, 5.41) is 6.68. The molecule has 0 bridgehead atoms. The van der Waals surface area contributed by atoms with Gasteiger partial charge in [-0.3, -0.25) is 4.99 Å². The average molecular weight is 385 g/mol. The van der Waals surface area contributed by atoms with Crippen molar-refractivity contribution in [2.45, 2.75) is 13.0 Å². The third-order valence-corrected chi connectivity index (χ3v) is 4.96. The van der Waals surface area contributed by atoms with Gasteiger partial charge in [0.25, 0.3) is 0 Å². The monoisotopic (exact) mass is 384 g/mol. The summed E-state index contributed by atoms with van der Waals surface area (Å²) in [7, 11) is 3.91. The van der Waals surface area contributed by atoms with E-state index in [1.807, 2.05) is 24.4 Å². The summed E-state index contributed by atoms with van der Waals surface area (Å²) in [4.78, 5) is 13.6. The zero-order valence-corrected chi connectivity index (χ0v) is 16.7. The van der Waals surface area contributed by atoms with Gasteiger partial charge in [-0.05, 0) is 37.2 Å². The van der Waals surface area contributed by atoms with Crippen molar-refractivity contribution in [1.29, 1.82) is 0 Å². The number of piperazine rings is 1. The number of aromatic nitrogens is 1. The molecular weight excluding hydrogens is 355 g/mol. The molecular formula is C21H29FN6. The van der Waals surface area contributed by atoms with Gasteiger partial charge in [0, 0.05) is 58.1 Å². The van der Waals surface area contributed by atoms with E-state index in [1.54, 1.807) is 7.05 Å². The smallest absolute Gasteiger partial charge is 0.191 e. The summed E-state index contributed by atoms with van der Waals surface area (Å²) in [6, 6.07) is 10.7. The SMILES string of the molecule is CN=C(NCCc1ccc(F)cc1)NCc1cccnc1N1CCN(C)CC1. The zero-order valence-electron chi connectivity index (χ0n) is 16.7. The van der Waals surface area contributed by atoms with Crippen molar-refractivity contribution in [3.8, 4) is 0 Å². The van der Waals surface area contributed by atoms with Crippen LogP contribution in [0.1, 0.15) is 11.1 Å². The molecule has 0 unspecified atom stereocenters. The van der Waals surface area contributed by atoms with Crippen molar-refractivity contribution < 1.29 is 4.39 Å². The Morgan fingerprint density at radius 1 is 1.11 bits per heavy atom. The number of aliphatic imine (C=N–C) groups is 1. The number of nitrogens with one attached hydrogen (secondary N) is 2. The largest absolute Gasteiger partial charge is 0.356 e. The normalized spacial score (nSPS) is 15.5. The molecule has 0 amide bonds. The molecule has 1 aliphatic heterocycles. The van der Waals surface area contributed by atoms with E-state index < -0.39 is 0 Å². The van der Waals surface area contributed by atoms with Crippen molar-refractivity contribution in [2.75, 3.05) is 51.7 Å². The van der Waals surface area contributed by atoms with Crippen LogP contribution < -0.4 is 15.5 Å². The van der Waals surface area contributed by atoms with Crippen LogP contribution in [0.3, 0.4) is 0 Å². The number of anilines is 1. The highest BCUT2D eigenvalue weighted by Gasteiger charge is 2.17. The predicted molar refractivity (Wildman–Crippen MR) is 112 cm³/mol. The first-order valence-electron chi connectivity index (χ1n) is 9.72. The zero-order chi connectivity index (χ0) is 19.8. The van der Waals surface area contributed by atoms with E-state index in [-0.39, 0.29) is 5.82 Å². The predicted octanol–water partition coefficient (Wildman–Crippen LogP) is 1.88. The fourth-order valence-corrected chi connectivity index (χ4v) is 3.25. The van der Waals surface area contributed by atoms with E-state index in [0.717, 1.165) is 62.0 Å². The molecule has 0 spiro atoms. The van der Waals surface area contributed by atoms with Gasteiger partial charge in [0.1, 0.15) is 11.6 Å². The molecule has 7 heteroatoms. The van der Waals surface area contributed by atoms with Gasteiger partial charge in [-0.15, -0.1) is 0 Å². The molecule has 6 nitrogen and oxygen atoms in total. The molecule has 1 aromatic carbocycles. The lowest BCUT2D eigenvalue weighted by Crippen LogP contribution is -2.45. The summed E-state index contributed by atoms with van der Waals surface area (Å²) in [6.45, 7) is 5.47. The molecule has 0 radical (unpaired) electrons. The maximum atomic E-state index is 13.0. The topological polar surface area (TPSA) is 55.8 Å². The molecule has 1 aliphatic rings. The van der Waals surface area contributed by atoms with Crippen molar-refractivity contribution >= 4 is 11.8 Å². The van der Waals surface area contributed by atoms with Gasteiger partial charge in [0.05, 0.1) is 0 Å². The third kappa shape index (κ3) is 5.66. The van der Waals surface area contributed by atoms with Crippen molar-refractivity contribution in [1.82, 2.24) is 20.5 Å². The Hall–Kier alpha value is -2.67. The second-order valence-electron chi connectivity index (χ2n) is 7.01. The fourth-order valence-electron chi connectivity index (χ4n) is 3.25. The van der Waals surface area contributed by atoms with Crippen LogP contribution in [0.25, 0.3) is 0 Å². The van der Waals surface area contributed by atoms with Gasteiger partial charge in [-0.2, -0.15) is 0 Å². The van der Waals surface area contributed by atoms with E-state index in [4.69, 9.17) is 0 Å². The molecule has 0 aliphatic carbocycles. The molecule has 1 aromatic heterocycles. The minimum Gasteiger partial charge on any atom is -0.356 e. The molecule has 2 heterocycles. The number of guanidine groups is 1. The van der Waals surface area contributed by atoms with Crippen molar-refractivity contribution in [3.63, 3.8) is 0 Å². The Labute approximate surface area is 166 Å². The minimum absolute atomic E-state index is 0.207. The Balaban J connectivity index is 1.51. The van der Waals surface area contributed by atoms with Crippen LogP contribution in [-0.2, 0) is 13.0 Å². The van der Waals surface area contributed by atoms with E-state index in [1.165, 1.54) is 12.1 Å². The molecule has 2 aromatic rings. The van der Waals surface area contributed by atoms with Crippen LogP contribution in [0.2, 0.25) is 0 Å². The number of benzene rings is 1. The first-order valence-corrected chi connectivity index (χ1v) is 9.72. The van der Waals surface area contributed by atoms with E-state index in [2.05, 4.69) is 43.5 Å². The van der Waals surface area contributed by atoms with Crippen LogP contribution in [0.4, 0.5) is 10.2 Å². The van der Waals surface area contributed by atoms with Gasteiger partial charge in [0.15, 0.2) is 5.96 Å². The number of nitrogens with zero attached hydrogens (tertiary/aromatic N) is 4. The molecule has 150 valence electrons. The summed E-state index contributed by atoms with van der Waals surface area (Å²) in [5.41, 5.74) is 2.25. The summed E-state index contributed by atoms with van der Waals surface area (Å²) in [5.74, 6) is 1.59. The van der Waals surface area contributed by atoms with E-state index in [0.29, 0.717) is 6.54 Å². The lowest BCUT2D eigenvalue weighted by atomic mass is 10.1. The Kier molecular flexibility index (Phi) is 7.19. The lowest BCUT2D eigenvalue weighted by molar-refractivity contribution is 0.312. The summed E-state index contributed by atoms with van der Waals surface area (Å²) in [6.07, 6.45) is 2.66. The van der Waals surface area contributed by atoms with Gasteiger partial charge >= 0.3 is 0 Å². The highest BCUT2D eigenvalue weighted by molar-refractivity contribution is 5.79. The molecule has 3 rings (SSSR count). The van der Waals surface area contributed by atoms with Crippen LogP contribution in [0, 0.1) is 5.82 Å². The van der Waals surface area contributed by atoms with E-state index >= 15 is 0 Å². The molecule has 1 fully saturated rings. The number of rotatable bonds is 6. The van der Waals surface area contributed by atoms with Gasteiger partial charge in [-0.1, -0.05) is 18.2 Å². The number of pyridine rings is 1. The van der Waals surface area contributed by atoms with Crippen LogP contribution in [0.5, 0.6) is 0 Å². The highest BCUT2D eigenvalue weighted by Crippen LogP contribution is 2.18. The quantitative estimate of drug-likeness (QED) is 0.588. The Morgan fingerprint density at radius 3 is 2.57 bits per heavy atom. The van der Waals surface area contributed by atoms with Crippen molar-refractivity contribution in [2.24, 2.45) is 4.99 Å². The Bertz CT molecular complexity index is 769. The summed E-state index contributed by atoms with van der Waals surface area (Å²) >= 11 is 0. The summed E-state index contributed by atoms with van der Waals surface area (Å²) < 4.78 is 13.0. The minimum atomic E-state index is -0.207. The first kappa shape index (κ1) is 20.1. The average Bonchev–Trinajstić information content (AvgIpc) is 2.73. The maximum absolute atomic E-state index is 13.0. The standard InChI is InChI=1S/C21H29FN6/c1-23-21(25-11-9-17-5-7-19(22)8-6-17)26-16-18-4-3-10-24-20(18)28-14-12-27(2)13-15-28/h3-8,10H,9,11-16H2,1-2H3,(H2,23,25,26). The van der Waals surface area contributed by atoms with Gasteiger partial charge < -0.3 is 20.4 Å². The first-order chi connectivity index (χ1) is 13.7. The number of hydrogen-bond donors (Lipinski definition) is 2. The number of likely N-dealkylation sites (N-methyl/N-ethyl adjacent to an activating group) is 1. The van der Waals surface area contributed by atoms with Crippen LogP contribution in [-0.4, -0.2) is 62.7 Å². The van der Waals surface area contributed by atoms with Gasteiger partial charge in [-0.25, -0.2) is 9.37 Å². The fraction of sp³-hybridized carbons (Fsp3) is 0.429. The lowest BCUT2D eigenvalue weighted by Gasteiger charge is -2.34. The number of halogens is 1. The molecule has 28 heavy (non-hydrogen) atoms. The molecule has 1 saturated heterocycles. The molecule has 2 N–H and O–H groups in total. The third-order valence-electron chi connectivity index (χ3n) is 4.96. The second kappa shape index (κ2) is 10.0. The van der Waals surface area contributed by atoms with E-state index in [9.17, 15) is 4.39 Å². The second-order valence-corrected chi connectivity index (χ2v) is 7.01. The maximum Gasteiger partial charge on any atom is 0.191 e. The number of hydrogen-bond acceptors (Lipinski definition) is 4. The Morgan fingerprint density at radius 2 is 1.86 bits per heavy atom. The van der Waals surface area contributed by atoms with Crippen molar-refractivity contribution in [3.05, 3.63) is 59.5 Å². The van der Waals surface area contributed by atoms with Crippen LogP contribution in [0.15, 0.2) is 47.6 Å². The highest BCUT2D eigenvalue weighted by atomic mass is 19.1.